The van der Waals surface area contributed by atoms with Gasteiger partial charge in [-0.25, -0.2) is 0 Å². The van der Waals surface area contributed by atoms with E-state index in [1.807, 2.05) is 11.3 Å². The van der Waals surface area contributed by atoms with Crippen molar-refractivity contribution >= 4 is 27.3 Å². The Hall–Kier alpha value is 0.140. The van der Waals surface area contributed by atoms with Gasteiger partial charge in [0.15, 0.2) is 0 Å². The fourth-order valence-corrected chi connectivity index (χ4v) is 4.94. The molecule has 2 rings (SSSR count). The minimum Gasteiger partial charge on any atom is -0.309 e. The van der Waals surface area contributed by atoms with Crippen molar-refractivity contribution < 1.29 is 0 Å². The summed E-state index contributed by atoms with van der Waals surface area (Å²) >= 11 is 5.68. The van der Waals surface area contributed by atoms with Crippen LogP contribution in [0.1, 0.15) is 61.2 Å². The van der Waals surface area contributed by atoms with Crippen LogP contribution in [0, 0.1) is 12.8 Å². The van der Waals surface area contributed by atoms with Crippen molar-refractivity contribution in [3.8, 4) is 0 Å². The number of aryl methyl sites for hydroxylation is 1. The van der Waals surface area contributed by atoms with E-state index in [2.05, 4.69) is 41.2 Å². The lowest BCUT2D eigenvalue weighted by atomic mass is 9.97. The minimum absolute atomic E-state index is 0.557. The molecule has 1 heterocycles. The number of nitrogens with one attached hydrogen (secondary N) is 1. The van der Waals surface area contributed by atoms with Crippen LogP contribution in [0.15, 0.2) is 10.5 Å². The summed E-state index contributed by atoms with van der Waals surface area (Å²) in [6, 6.07) is 2.82. The molecule has 1 aliphatic carbocycles. The average molecular weight is 330 g/mol. The smallest absolute Gasteiger partial charge is 0.0428 e. The van der Waals surface area contributed by atoms with Gasteiger partial charge in [-0.15, -0.1) is 11.3 Å². The van der Waals surface area contributed by atoms with E-state index >= 15 is 0 Å². The van der Waals surface area contributed by atoms with Crippen molar-refractivity contribution in [2.24, 2.45) is 5.92 Å². The first-order valence-corrected chi connectivity index (χ1v) is 8.81. The summed E-state index contributed by atoms with van der Waals surface area (Å²) in [4.78, 5) is 2.92. The van der Waals surface area contributed by atoms with Gasteiger partial charge in [0.05, 0.1) is 0 Å². The lowest BCUT2D eigenvalue weighted by Crippen LogP contribution is -2.23. The van der Waals surface area contributed by atoms with Crippen LogP contribution < -0.4 is 5.32 Å². The second-order valence-electron chi connectivity index (χ2n) is 5.46. The van der Waals surface area contributed by atoms with Gasteiger partial charge in [0, 0.05) is 20.3 Å². The largest absolute Gasteiger partial charge is 0.309 e. The molecule has 1 fully saturated rings. The second-order valence-corrected chi connectivity index (χ2v) is 7.60. The molecule has 0 aliphatic heterocycles. The highest BCUT2D eigenvalue weighted by Crippen LogP contribution is 2.38. The van der Waals surface area contributed by atoms with E-state index in [0.29, 0.717) is 6.04 Å². The van der Waals surface area contributed by atoms with E-state index in [1.54, 1.807) is 0 Å². The molecule has 18 heavy (non-hydrogen) atoms. The Kier molecular flexibility index (Phi) is 5.71. The van der Waals surface area contributed by atoms with Crippen molar-refractivity contribution in [3.63, 3.8) is 0 Å². The molecule has 1 aromatic rings. The molecule has 1 atom stereocenters. The Balaban J connectivity index is 2.05. The first-order chi connectivity index (χ1) is 8.70. The van der Waals surface area contributed by atoms with Gasteiger partial charge in [-0.2, -0.15) is 0 Å². The third kappa shape index (κ3) is 3.82. The Morgan fingerprint density at radius 2 is 2.17 bits per heavy atom. The molecule has 1 saturated carbocycles. The Bertz CT molecular complexity index is 369. The van der Waals surface area contributed by atoms with Crippen LogP contribution in [0.3, 0.4) is 0 Å². The van der Waals surface area contributed by atoms with Crippen molar-refractivity contribution in [1.82, 2.24) is 5.32 Å². The Morgan fingerprint density at radius 3 is 2.72 bits per heavy atom. The van der Waals surface area contributed by atoms with Gasteiger partial charge in [0.2, 0.25) is 0 Å². The van der Waals surface area contributed by atoms with Crippen molar-refractivity contribution in [2.75, 3.05) is 6.54 Å². The third-order valence-electron chi connectivity index (χ3n) is 3.84. The zero-order valence-electron chi connectivity index (χ0n) is 11.5. The monoisotopic (exact) mass is 329 g/mol. The molecule has 102 valence electrons. The summed E-state index contributed by atoms with van der Waals surface area (Å²) in [5.41, 5.74) is 0. The van der Waals surface area contributed by atoms with Crippen LogP contribution in [0.4, 0.5) is 0 Å². The summed E-state index contributed by atoms with van der Waals surface area (Å²) in [5.74, 6) is 0.939. The molecule has 1 aliphatic rings. The molecule has 1 aromatic heterocycles. The molecular formula is C15H24BrNS. The summed E-state index contributed by atoms with van der Waals surface area (Å²) in [7, 11) is 0. The number of rotatable bonds is 6. The zero-order valence-corrected chi connectivity index (χ0v) is 13.9. The molecule has 3 heteroatoms. The maximum Gasteiger partial charge on any atom is 0.0428 e. The van der Waals surface area contributed by atoms with Crippen LogP contribution in [-0.4, -0.2) is 6.54 Å². The molecule has 0 aromatic carbocycles. The molecule has 0 amide bonds. The fourth-order valence-electron chi connectivity index (χ4n) is 2.92. The normalized spacial score (nSPS) is 18.4. The summed E-state index contributed by atoms with van der Waals surface area (Å²) in [5, 5.41) is 3.75. The highest BCUT2D eigenvalue weighted by Gasteiger charge is 2.23. The van der Waals surface area contributed by atoms with Crippen LogP contribution in [-0.2, 0) is 0 Å². The maximum absolute atomic E-state index is 3.75. The van der Waals surface area contributed by atoms with Gasteiger partial charge in [0.25, 0.3) is 0 Å². The Morgan fingerprint density at radius 1 is 1.44 bits per heavy atom. The van der Waals surface area contributed by atoms with Gasteiger partial charge in [-0.1, -0.05) is 32.6 Å². The number of halogens is 1. The highest BCUT2D eigenvalue weighted by molar-refractivity contribution is 9.10. The van der Waals surface area contributed by atoms with Crippen LogP contribution in [0.5, 0.6) is 0 Å². The van der Waals surface area contributed by atoms with Gasteiger partial charge in [-0.3, -0.25) is 0 Å². The van der Waals surface area contributed by atoms with E-state index in [1.165, 1.54) is 52.8 Å². The van der Waals surface area contributed by atoms with E-state index in [0.717, 1.165) is 12.5 Å². The standard InChI is InChI=1S/C15H24BrNS/c1-3-8-17-14(10-12-6-4-5-7-12)15-13(16)9-11(2)18-15/h9,12,14,17H,3-8,10H2,1-2H3. The van der Waals surface area contributed by atoms with E-state index in [9.17, 15) is 0 Å². The van der Waals surface area contributed by atoms with Gasteiger partial charge >= 0.3 is 0 Å². The van der Waals surface area contributed by atoms with Crippen molar-refractivity contribution in [2.45, 2.75) is 58.4 Å². The van der Waals surface area contributed by atoms with Gasteiger partial charge in [-0.05, 0) is 54.2 Å². The van der Waals surface area contributed by atoms with E-state index in [4.69, 9.17) is 0 Å². The van der Waals surface area contributed by atoms with Crippen LogP contribution >= 0.6 is 27.3 Å². The zero-order chi connectivity index (χ0) is 13.0. The maximum atomic E-state index is 3.75. The number of hydrogen-bond donors (Lipinski definition) is 1. The second kappa shape index (κ2) is 7.06. The topological polar surface area (TPSA) is 12.0 Å². The highest BCUT2D eigenvalue weighted by atomic mass is 79.9. The molecule has 0 radical (unpaired) electrons. The summed E-state index contributed by atoms with van der Waals surface area (Å²) in [6.07, 6.45) is 8.28. The predicted octanol–water partition coefficient (Wildman–Crippen LogP) is 5.44. The van der Waals surface area contributed by atoms with E-state index in [-0.39, 0.29) is 0 Å². The number of hydrogen-bond acceptors (Lipinski definition) is 2. The van der Waals surface area contributed by atoms with Crippen LogP contribution in [0.2, 0.25) is 0 Å². The Labute approximate surface area is 123 Å². The molecule has 0 saturated heterocycles. The first-order valence-electron chi connectivity index (χ1n) is 7.20. The summed E-state index contributed by atoms with van der Waals surface area (Å²) < 4.78 is 1.30. The van der Waals surface area contributed by atoms with Gasteiger partial charge < -0.3 is 5.32 Å². The lowest BCUT2D eigenvalue weighted by molar-refractivity contribution is 0.398. The quantitative estimate of drug-likeness (QED) is 0.732. The lowest BCUT2D eigenvalue weighted by Gasteiger charge is -2.21. The van der Waals surface area contributed by atoms with E-state index < -0.39 is 0 Å². The number of thiophene rings is 1. The van der Waals surface area contributed by atoms with Crippen molar-refractivity contribution in [1.29, 1.82) is 0 Å². The fraction of sp³-hybridized carbons (Fsp3) is 0.733. The van der Waals surface area contributed by atoms with Gasteiger partial charge in [0.1, 0.15) is 0 Å². The van der Waals surface area contributed by atoms with Crippen LogP contribution in [0.25, 0.3) is 0 Å². The SMILES string of the molecule is CCCNC(CC1CCCC1)c1sc(C)cc1Br. The first kappa shape index (κ1) is 14.5. The molecule has 0 bridgehead atoms. The molecule has 1 nitrogen and oxygen atoms in total. The predicted molar refractivity (Wildman–Crippen MR) is 84.4 cm³/mol. The molecule has 0 spiro atoms. The average Bonchev–Trinajstić information content (AvgIpc) is 2.94. The molecular weight excluding hydrogens is 306 g/mol. The summed E-state index contributed by atoms with van der Waals surface area (Å²) in [6.45, 7) is 5.57. The van der Waals surface area contributed by atoms with Crippen molar-refractivity contribution in [3.05, 3.63) is 20.3 Å². The molecule has 1 N–H and O–H groups in total. The third-order valence-corrected chi connectivity index (χ3v) is 5.92. The molecule has 1 unspecified atom stereocenters. The minimum atomic E-state index is 0.557.